The van der Waals surface area contributed by atoms with Gasteiger partial charge in [0.05, 0.1) is 23.7 Å². The standard InChI is InChI=1S/C18H22N2O/c1-17(2)13-9-10-18(17,3)16-15(13)14(11-21)19-20(16)12-7-5-4-6-8-12/h4-8,13,21H,9-11H2,1-3H3/t13-,18-/m0/s1. The summed E-state index contributed by atoms with van der Waals surface area (Å²) < 4.78 is 2.09. The van der Waals surface area contributed by atoms with Gasteiger partial charge in [0.1, 0.15) is 0 Å². The van der Waals surface area contributed by atoms with E-state index in [1.54, 1.807) is 0 Å². The zero-order valence-electron chi connectivity index (χ0n) is 12.9. The summed E-state index contributed by atoms with van der Waals surface area (Å²) in [5.74, 6) is 0.525. The van der Waals surface area contributed by atoms with Gasteiger partial charge in [0, 0.05) is 11.0 Å². The minimum atomic E-state index is 0.0326. The molecule has 1 heterocycles. The minimum absolute atomic E-state index is 0.0326. The third kappa shape index (κ3) is 1.40. The van der Waals surface area contributed by atoms with Gasteiger partial charge in [-0.05, 0) is 36.3 Å². The molecule has 1 saturated carbocycles. The molecule has 2 aliphatic carbocycles. The van der Waals surface area contributed by atoms with Gasteiger partial charge in [0.25, 0.3) is 0 Å². The third-order valence-electron chi connectivity index (χ3n) is 6.25. The molecule has 0 aliphatic heterocycles. The van der Waals surface area contributed by atoms with Gasteiger partial charge in [-0.3, -0.25) is 0 Å². The lowest BCUT2D eigenvalue weighted by Crippen LogP contribution is -2.33. The highest BCUT2D eigenvalue weighted by atomic mass is 16.3. The monoisotopic (exact) mass is 282 g/mol. The van der Waals surface area contributed by atoms with Crippen molar-refractivity contribution in [2.24, 2.45) is 5.41 Å². The van der Waals surface area contributed by atoms with E-state index in [4.69, 9.17) is 5.10 Å². The molecule has 2 bridgehead atoms. The van der Waals surface area contributed by atoms with E-state index in [9.17, 15) is 5.11 Å². The molecule has 1 aromatic carbocycles. The first-order valence-electron chi connectivity index (χ1n) is 7.79. The van der Waals surface area contributed by atoms with Crippen molar-refractivity contribution >= 4 is 0 Å². The van der Waals surface area contributed by atoms with Gasteiger partial charge in [-0.15, -0.1) is 0 Å². The molecule has 1 N–H and O–H groups in total. The van der Waals surface area contributed by atoms with Crippen LogP contribution in [0.4, 0.5) is 0 Å². The van der Waals surface area contributed by atoms with Gasteiger partial charge in [0.15, 0.2) is 0 Å². The summed E-state index contributed by atoms with van der Waals surface area (Å²) in [6.07, 6.45) is 2.42. The molecule has 3 nitrogen and oxygen atoms in total. The maximum absolute atomic E-state index is 9.77. The highest BCUT2D eigenvalue weighted by molar-refractivity contribution is 5.51. The number of rotatable bonds is 2. The van der Waals surface area contributed by atoms with Crippen molar-refractivity contribution in [1.82, 2.24) is 9.78 Å². The largest absolute Gasteiger partial charge is 0.390 e. The fourth-order valence-electron chi connectivity index (χ4n) is 4.67. The lowest BCUT2D eigenvalue weighted by molar-refractivity contribution is 0.219. The van der Waals surface area contributed by atoms with Crippen LogP contribution in [-0.2, 0) is 12.0 Å². The highest BCUT2D eigenvalue weighted by Gasteiger charge is 2.62. The van der Waals surface area contributed by atoms with Crippen molar-refractivity contribution in [3.8, 4) is 5.69 Å². The van der Waals surface area contributed by atoms with Gasteiger partial charge >= 0.3 is 0 Å². The molecule has 1 fully saturated rings. The molecule has 2 atom stereocenters. The summed E-state index contributed by atoms with van der Waals surface area (Å²) in [6.45, 7) is 7.16. The van der Waals surface area contributed by atoms with Crippen LogP contribution in [0.3, 0.4) is 0 Å². The Morgan fingerprint density at radius 2 is 1.95 bits per heavy atom. The van der Waals surface area contributed by atoms with E-state index in [2.05, 4.69) is 37.6 Å². The van der Waals surface area contributed by atoms with Gasteiger partial charge in [-0.1, -0.05) is 39.0 Å². The number of para-hydroxylation sites is 1. The lowest BCUT2D eigenvalue weighted by Gasteiger charge is -2.35. The first-order valence-corrected chi connectivity index (χ1v) is 7.79. The molecule has 0 saturated heterocycles. The highest BCUT2D eigenvalue weighted by Crippen LogP contribution is 2.68. The quantitative estimate of drug-likeness (QED) is 0.915. The summed E-state index contributed by atoms with van der Waals surface area (Å²) in [5, 5.41) is 14.5. The Morgan fingerprint density at radius 1 is 1.24 bits per heavy atom. The molecular formula is C18H22N2O. The van der Waals surface area contributed by atoms with E-state index in [1.165, 1.54) is 24.1 Å². The number of hydrogen-bond donors (Lipinski definition) is 1. The molecular weight excluding hydrogens is 260 g/mol. The molecule has 0 amide bonds. The van der Waals surface area contributed by atoms with Crippen molar-refractivity contribution in [3.63, 3.8) is 0 Å². The van der Waals surface area contributed by atoms with Crippen molar-refractivity contribution < 1.29 is 5.11 Å². The van der Waals surface area contributed by atoms with Crippen LogP contribution in [0.25, 0.3) is 5.69 Å². The molecule has 0 radical (unpaired) electrons. The Balaban J connectivity index is 2.02. The lowest BCUT2D eigenvalue weighted by atomic mass is 9.70. The van der Waals surface area contributed by atoms with Gasteiger partial charge in [-0.25, -0.2) is 4.68 Å². The molecule has 110 valence electrons. The number of hydrogen-bond acceptors (Lipinski definition) is 2. The van der Waals surface area contributed by atoms with Crippen LogP contribution in [0, 0.1) is 5.41 Å². The summed E-state index contributed by atoms with van der Waals surface area (Å²) in [4.78, 5) is 0. The van der Waals surface area contributed by atoms with Crippen molar-refractivity contribution in [2.75, 3.05) is 0 Å². The zero-order valence-corrected chi connectivity index (χ0v) is 12.9. The number of fused-ring (bicyclic) bond motifs is 5. The first kappa shape index (κ1) is 13.1. The average molecular weight is 282 g/mol. The van der Waals surface area contributed by atoms with E-state index >= 15 is 0 Å². The number of aliphatic hydroxyl groups is 1. The average Bonchev–Trinajstić information content (AvgIpc) is 3.03. The van der Waals surface area contributed by atoms with E-state index in [1.807, 2.05) is 18.2 Å². The summed E-state index contributed by atoms with van der Waals surface area (Å²) in [5.41, 5.74) is 5.00. The van der Waals surface area contributed by atoms with Crippen LogP contribution in [0.2, 0.25) is 0 Å². The van der Waals surface area contributed by atoms with Crippen LogP contribution >= 0.6 is 0 Å². The molecule has 1 aromatic heterocycles. The predicted octanol–water partition coefficient (Wildman–Crippen LogP) is 3.54. The van der Waals surface area contributed by atoms with E-state index in [0.29, 0.717) is 5.92 Å². The fourth-order valence-corrected chi connectivity index (χ4v) is 4.67. The summed E-state index contributed by atoms with van der Waals surface area (Å²) in [6, 6.07) is 10.3. The first-order chi connectivity index (χ1) is 10.0. The Kier molecular flexibility index (Phi) is 2.48. The second-order valence-corrected chi connectivity index (χ2v) is 7.26. The molecule has 2 aliphatic rings. The molecule has 2 aromatic rings. The predicted molar refractivity (Wildman–Crippen MR) is 82.6 cm³/mol. The van der Waals surface area contributed by atoms with Gasteiger partial charge in [-0.2, -0.15) is 5.10 Å². The van der Waals surface area contributed by atoms with Crippen LogP contribution < -0.4 is 0 Å². The molecule has 0 spiro atoms. The molecule has 3 heteroatoms. The number of benzene rings is 1. The molecule has 21 heavy (non-hydrogen) atoms. The van der Waals surface area contributed by atoms with E-state index in [-0.39, 0.29) is 17.4 Å². The second-order valence-electron chi connectivity index (χ2n) is 7.26. The molecule has 4 rings (SSSR count). The number of aromatic nitrogens is 2. The van der Waals surface area contributed by atoms with E-state index in [0.717, 1.165) is 11.4 Å². The molecule has 0 unspecified atom stereocenters. The Labute approximate surface area is 125 Å². The van der Waals surface area contributed by atoms with Crippen LogP contribution in [-0.4, -0.2) is 14.9 Å². The Morgan fingerprint density at radius 3 is 2.62 bits per heavy atom. The van der Waals surface area contributed by atoms with Crippen molar-refractivity contribution in [3.05, 3.63) is 47.3 Å². The SMILES string of the molecule is CC1(C)[C@H]2CC[C@@]1(C)c1c2c(CO)nn1-c1ccccc1. The normalized spacial score (nSPS) is 28.9. The number of nitrogens with zero attached hydrogens (tertiary/aromatic N) is 2. The Bertz CT molecular complexity index is 702. The van der Waals surface area contributed by atoms with Crippen LogP contribution in [0.15, 0.2) is 30.3 Å². The van der Waals surface area contributed by atoms with Gasteiger partial charge in [0.2, 0.25) is 0 Å². The van der Waals surface area contributed by atoms with E-state index < -0.39 is 0 Å². The smallest absolute Gasteiger partial charge is 0.0921 e. The fraction of sp³-hybridized carbons (Fsp3) is 0.500. The maximum Gasteiger partial charge on any atom is 0.0921 e. The third-order valence-corrected chi connectivity index (χ3v) is 6.25. The summed E-state index contributed by atoms with van der Waals surface area (Å²) in [7, 11) is 0. The summed E-state index contributed by atoms with van der Waals surface area (Å²) >= 11 is 0. The second kappa shape index (κ2) is 3.98. The van der Waals surface area contributed by atoms with Crippen LogP contribution in [0.5, 0.6) is 0 Å². The topological polar surface area (TPSA) is 38.1 Å². The van der Waals surface area contributed by atoms with Crippen molar-refractivity contribution in [2.45, 2.75) is 51.6 Å². The van der Waals surface area contributed by atoms with Crippen molar-refractivity contribution in [1.29, 1.82) is 0 Å². The van der Waals surface area contributed by atoms with Crippen LogP contribution in [0.1, 0.15) is 56.5 Å². The number of aliphatic hydroxyl groups excluding tert-OH is 1. The zero-order chi connectivity index (χ0) is 14.8. The van der Waals surface area contributed by atoms with Gasteiger partial charge < -0.3 is 5.11 Å². The maximum atomic E-state index is 9.77. The minimum Gasteiger partial charge on any atom is -0.390 e. The Hall–Kier alpha value is -1.61.